The van der Waals surface area contributed by atoms with Crippen LogP contribution in [-0.2, 0) is 0 Å². The molecule has 134 valence electrons. The Kier molecular flexibility index (Phi) is 4.84. The fourth-order valence-electron chi connectivity index (χ4n) is 2.44. The lowest BCUT2D eigenvalue weighted by Crippen LogP contribution is -2.27. The second-order valence-corrected chi connectivity index (χ2v) is 7.17. The largest absolute Gasteiger partial charge is 0.350 e. The van der Waals surface area contributed by atoms with Crippen molar-refractivity contribution in [3.05, 3.63) is 60.2 Å². The maximum absolute atomic E-state index is 13.5. The molecule has 1 aromatic carbocycles. The second kappa shape index (κ2) is 7.07. The Morgan fingerprint density at radius 2 is 1.85 bits per heavy atom. The molecule has 0 saturated carbocycles. The van der Waals surface area contributed by atoms with Gasteiger partial charge in [-0.15, -0.1) is 0 Å². The maximum Gasteiger partial charge on any atom is 0.225 e. The molecule has 6 heteroatoms. The van der Waals surface area contributed by atoms with Crippen LogP contribution in [0.4, 0.5) is 21.8 Å². The zero-order chi connectivity index (χ0) is 18.7. The topological polar surface area (TPSA) is 62.7 Å². The minimum Gasteiger partial charge on any atom is -0.350 e. The third-order valence-corrected chi connectivity index (χ3v) is 3.60. The average Bonchev–Trinajstić information content (AvgIpc) is 2.57. The van der Waals surface area contributed by atoms with E-state index in [4.69, 9.17) is 0 Å². The van der Waals surface area contributed by atoms with Crippen LogP contribution in [0.1, 0.15) is 26.3 Å². The highest BCUT2D eigenvalue weighted by molar-refractivity contribution is 5.67. The summed E-state index contributed by atoms with van der Waals surface area (Å²) in [4.78, 5) is 13.3. The van der Waals surface area contributed by atoms with Crippen molar-refractivity contribution in [2.24, 2.45) is 0 Å². The number of benzene rings is 1. The van der Waals surface area contributed by atoms with E-state index in [0.717, 1.165) is 16.9 Å². The summed E-state index contributed by atoms with van der Waals surface area (Å²) in [5.41, 5.74) is 2.80. The Balaban J connectivity index is 2.00. The zero-order valence-corrected chi connectivity index (χ0v) is 15.3. The molecule has 0 amide bonds. The highest BCUT2D eigenvalue weighted by Gasteiger charge is 2.14. The molecule has 3 aromatic rings. The maximum atomic E-state index is 13.5. The van der Waals surface area contributed by atoms with Crippen LogP contribution >= 0.6 is 0 Å². The summed E-state index contributed by atoms with van der Waals surface area (Å²) in [7, 11) is 0. The molecule has 5 nitrogen and oxygen atoms in total. The molecule has 0 aliphatic carbocycles. The minimum atomic E-state index is -0.232. The van der Waals surface area contributed by atoms with E-state index in [0.29, 0.717) is 17.3 Å². The summed E-state index contributed by atoms with van der Waals surface area (Å²) in [6.07, 6.45) is 3.48. The third-order valence-electron chi connectivity index (χ3n) is 3.60. The number of hydrogen-bond acceptors (Lipinski definition) is 5. The van der Waals surface area contributed by atoms with Gasteiger partial charge in [0.05, 0.1) is 5.69 Å². The van der Waals surface area contributed by atoms with Crippen LogP contribution in [0.3, 0.4) is 0 Å². The molecule has 0 atom stereocenters. The molecule has 0 saturated heterocycles. The van der Waals surface area contributed by atoms with E-state index in [2.05, 4.69) is 25.6 Å². The van der Waals surface area contributed by atoms with Crippen molar-refractivity contribution in [3.63, 3.8) is 0 Å². The summed E-state index contributed by atoms with van der Waals surface area (Å²) in [6, 6.07) is 10.5. The normalized spacial score (nSPS) is 11.3. The Labute approximate surface area is 152 Å². The highest BCUT2D eigenvalue weighted by atomic mass is 19.1. The van der Waals surface area contributed by atoms with E-state index < -0.39 is 0 Å². The summed E-state index contributed by atoms with van der Waals surface area (Å²) in [5.74, 6) is 0.904. The van der Waals surface area contributed by atoms with Gasteiger partial charge in [-0.05, 0) is 63.6 Å². The quantitative estimate of drug-likeness (QED) is 0.697. The lowest BCUT2D eigenvalue weighted by atomic mass is 10.1. The van der Waals surface area contributed by atoms with Crippen LogP contribution in [0, 0.1) is 12.7 Å². The van der Waals surface area contributed by atoms with Crippen molar-refractivity contribution in [3.8, 4) is 11.3 Å². The molecule has 0 fully saturated rings. The van der Waals surface area contributed by atoms with Crippen LogP contribution in [-0.4, -0.2) is 20.5 Å². The molecule has 0 unspecified atom stereocenters. The SMILES string of the molecule is Cc1cc(Nc2cc(-c3cccnc3)nc(NC(C)(C)C)n2)ccc1F. The van der Waals surface area contributed by atoms with Crippen molar-refractivity contribution in [1.82, 2.24) is 15.0 Å². The van der Waals surface area contributed by atoms with Gasteiger partial charge in [-0.2, -0.15) is 4.98 Å². The monoisotopic (exact) mass is 351 g/mol. The second-order valence-electron chi connectivity index (χ2n) is 7.17. The van der Waals surface area contributed by atoms with E-state index in [-0.39, 0.29) is 11.4 Å². The molecule has 2 aromatic heterocycles. The molecule has 0 aliphatic heterocycles. The lowest BCUT2D eigenvalue weighted by Gasteiger charge is -2.21. The van der Waals surface area contributed by atoms with E-state index in [1.807, 2.05) is 39.0 Å². The van der Waals surface area contributed by atoms with Gasteiger partial charge in [0.25, 0.3) is 0 Å². The van der Waals surface area contributed by atoms with Gasteiger partial charge in [0.15, 0.2) is 0 Å². The zero-order valence-electron chi connectivity index (χ0n) is 15.3. The van der Waals surface area contributed by atoms with Gasteiger partial charge < -0.3 is 10.6 Å². The number of rotatable bonds is 4. The van der Waals surface area contributed by atoms with Crippen LogP contribution in [0.15, 0.2) is 48.8 Å². The van der Waals surface area contributed by atoms with Crippen LogP contribution in [0.5, 0.6) is 0 Å². The van der Waals surface area contributed by atoms with Crippen molar-refractivity contribution >= 4 is 17.5 Å². The highest BCUT2D eigenvalue weighted by Crippen LogP contribution is 2.25. The Morgan fingerprint density at radius 3 is 2.50 bits per heavy atom. The molecule has 26 heavy (non-hydrogen) atoms. The summed E-state index contributed by atoms with van der Waals surface area (Å²) >= 11 is 0. The smallest absolute Gasteiger partial charge is 0.225 e. The molecule has 2 heterocycles. The molecule has 0 radical (unpaired) electrons. The Hall–Kier alpha value is -3.02. The molecule has 0 bridgehead atoms. The Bertz CT molecular complexity index is 904. The van der Waals surface area contributed by atoms with Gasteiger partial charge in [-0.25, -0.2) is 9.37 Å². The average molecular weight is 351 g/mol. The molecule has 0 spiro atoms. The van der Waals surface area contributed by atoms with Gasteiger partial charge >= 0.3 is 0 Å². The van der Waals surface area contributed by atoms with Gasteiger partial charge in [-0.3, -0.25) is 4.98 Å². The van der Waals surface area contributed by atoms with Gasteiger partial charge in [-0.1, -0.05) is 0 Å². The van der Waals surface area contributed by atoms with Crippen molar-refractivity contribution in [2.75, 3.05) is 10.6 Å². The fraction of sp³-hybridized carbons (Fsp3) is 0.250. The first-order valence-electron chi connectivity index (χ1n) is 8.41. The van der Waals surface area contributed by atoms with E-state index in [9.17, 15) is 4.39 Å². The summed E-state index contributed by atoms with van der Waals surface area (Å²) < 4.78 is 13.5. The number of nitrogens with zero attached hydrogens (tertiary/aromatic N) is 3. The number of nitrogens with one attached hydrogen (secondary N) is 2. The van der Waals surface area contributed by atoms with Gasteiger partial charge in [0.1, 0.15) is 11.6 Å². The fourth-order valence-corrected chi connectivity index (χ4v) is 2.44. The first-order chi connectivity index (χ1) is 12.3. The van der Waals surface area contributed by atoms with Crippen LogP contribution < -0.4 is 10.6 Å². The predicted molar refractivity (Wildman–Crippen MR) is 103 cm³/mol. The number of anilines is 3. The van der Waals surface area contributed by atoms with Gasteiger partial charge in [0, 0.05) is 35.2 Å². The van der Waals surface area contributed by atoms with Crippen molar-refractivity contribution in [2.45, 2.75) is 33.2 Å². The molecular weight excluding hydrogens is 329 g/mol. The number of halogens is 1. The number of aryl methyl sites for hydroxylation is 1. The summed E-state index contributed by atoms with van der Waals surface area (Å²) in [5, 5.41) is 6.53. The number of hydrogen-bond donors (Lipinski definition) is 2. The Morgan fingerprint density at radius 1 is 1.04 bits per heavy atom. The van der Waals surface area contributed by atoms with E-state index in [1.54, 1.807) is 31.5 Å². The molecular formula is C20H22FN5. The number of pyridine rings is 1. The third kappa shape index (κ3) is 4.53. The van der Waals surface area contributed by atoms with Crippen molar-refractivity contribution < 1.29 is 4.39 Å². The first-order valence-corrected chi connectivity index (χ1v) is 8.41. The van der Waals surface area contributed by atoms with E-state index >= 15 is 0 Å². The molecule has 3 rings (SSSR count). The molecule has 0 aliphatic rings. The summed E-state index contributed by atoms with van der Waals surface area (Å²) in [6.45, 7) is 7.87. The standard InChI is InChI=1S/C20H22FN5/c1-13-10-15(7-8-16(13)21)23-18-11-17(14-6-5-9-22-12-14)24-19(25-18)26-20(2,3)4/h5-12H,1-4H3,(H2,23,24,25,26). The lowest BCUT2D eigenvalue weighted by molar-refractivity contribution is 0.618. The number of aromatic nitrogens is 3. The van der Waals surface area contributed by atoms with Crippen molar-refractivity contribution in [1.29, 1.82) is 0 Å². The van der Waals surface area contributed by atoms with E-state index in [1.165, 1.54) is 6.07 Å². The van der Waals surface area contributed by atoms with Gasteiger partial charge in [0.2, 0.25) is 5.95 Å². The molecule has 2 N–H and O–H groups in total. The first kappa shape index (κ1) is 17.8. The van der Waals surface area contributed by atoms with Crippen LogP contribution in [0.25, 0.3) is 11.3 Å². The predicted octanol–water partition coefficient (Wildman–Crippen LogP) is 4.94. The van der Waals surface area contributed by atoms with Crippen LogP contribution in [0.2, 0.25) is 0 Å². The minimum absolute atomic E-state index is 0.183.